The Bertz CT molecular complexity index is 955. The maximum atomic E-state index is 12.7. The Labute approximate surface area is 168 Å². The SMILES string of the molecule is CCOc1cc(Cl)c(/C=C2/NC(=O)N(Cc3cccc(C)c3)C2=O)cc1OC. The number of imide groups is 1. The molecule has 6 nitrogen and oxygen atoms in total. The average molecular weight is 401 g/mol. The number of hydrogen-bond donors (Lipinski definition) is 1. The molecule has 0 radical (unpaired) electrons. The summed E-state index contributed by atoms with van der Waals surface area (Å²) in [5.74, 6) is 0.599. The van der Waals surface area contributed by atoms with Crippen molar-refractivity contribution in [2.45, 2.75) is 20.4 Å². The molecule has 0 unspecified atom stereocenters. The van der Waals surface area contributed by atoms with E-state index in [2.05, 4.69) is 5.32 Å². The Morgan fingerprint density at radius 1 is 1.18 bits per heavy atom. The van der Waals surface area contributed by atoms with E-state index in [1.165, 1.54) is 18.1 Å². The zero-order chi connectivity index (χ0) is 20.3. The van der Waals surface area contributed by atoms with Crippen LogP contribution in [0.15, 0.2) is 42.1 Å². The fourth-order valence-corrected chi connectivity index (χ4v) is 3.16. The number of aryl methyl sites for hydroxylation is 1. The third kappa shape index (κ3) is 4.12. The van der Waals surface area contributed by atoms with Crippen LogP contribution in [0, 0.1) is 6.92 Å². The number of ether oxygens (including phenoxy) is 2. The Morgan fingerprint density at radius 2 is 1.96 bits per heavy atom. The molecule has 1 aliphatic rings. The number of methoxy groups -OCH3 is 1. The van der Waals surface area contributed by atoms with E-state index in [4.69, 9.17) is 21.1 Å². The van der Waals surface area contributed by atoms with Gasteiger partial charge in [-0.25, -0.2) is 4.79 Å². The van der Waals surface area contributed by atoms with Gasteiger partial charge in [-0.2, -0.15) is 0 Å². The van der Waals surface area contributed by atoms with Crippen LogP contribution < -0.4 is 14.8 Å². The van der Waals surface area contributed by atoms with Gasteiger partial charge in [0.15, 0.2) is 11.5 Å². The molecule has 1 aliphatic heterocycles. The minimum atomic E-state index is -0.466. The minimum absolute atomic E-state index is 0.158. The topological polar surface area (TPSA) is 67.9 Å². The second-order valence-corrected chi connectivity index (χ2v) is 6.73. The first kappa shape index (κ1) is 19.8. The van der Waals surface area contributed by atoms with Crippen molar-refractivity contribution in [1.29, 1.82) is 0 Å². The quantitative estimate of drug-likeness (QED) is 0.584. The lowest BCUT2D eigenvalue weighted by atomic mass is 10.1. The van der Waals surface area contributed by atoms with Gasteiger partial charge in [-0.05, 0) is 37.1 Å². The van der Waals surface area contributed by atoms with Gasteiger partial charge in [0.1, 0.15) is 5.70 Å². The zero-order valence-electron chi connectivity index (χ0n) is 15.9. The number of amides is 3. The van der Waals surface area contributed by atoms with Crippen LogP contribution in [0.2, 0.25) is 5.02 Å². The van der Waals surface area contributed by atoms with Crippen molar-refractivity contribution in [3.05, 3.63) is 63.8 Å². The fraction of sp³-hybridized carbons (Fsp3) is 0.238. The first-order valence-electron chi connectivity index (χ1n) is 8.83. The van der Waals surface area contributed by atoms with Gasteiger partial charge in [-0.1, -0.05) is 41.4 Å². The van der Waals surface area contributed by atoms with E-state index in [-0.39, 0.29) is 12.2 Å². The molecule has 0 saturated carbocycles. The maximum Gasteiger partial charge on any atom is 0.329 e. The third-order valence-corrected chi connectivity index (χ3v) is 4.60. The summed E-state index contributed by atoms with van der Waals surface area (Å²) in [7, 11) is 1.52. The summed E-state index contributed by atoms with van der Waals surface area (Å²) >= 11 is 6.32. The molecule has 0 atom stereocenters. The summed E-state index contributed by atoms with van der Waals surface area (Å²) in [6.07, 6.45) is 1.54. The molecule has 146 valence electrons. The first-order valence-corrected chi connectivity index (χ1v) is 9.21. The van der Waals surface area contributed by atoms with Crippen molar-refractivity contribution in [1.82, 2.24) is 10.2 Å². The Balaban J connectivity index is 1.87. The average Bonchev–Trinajstić information content (AvgIpc) is 2.91. The molecule has 3 rings (SSSR count). The summed E-state index contributed by atoms with van der Waals surface area (Å²) in [5.41, 5.74) is 2.65. The highest BCUT2D eigenvalue weighted by Gasteiger charge is 2.33. The molecule has 1 saturated heterocycles. The standard InChI is InChI=1S/C21H21ClN2O4/c1-4-28-19-11-16(22)15(10-18(19)27-3)9-17-20(25)24(21(26)23-17)12-14-7-5-6-13(2)8-14/h5-11H,4,12H2,1-3H3,(H,23,26)/b17-9+. The lowest BCUT2D eigenvalue weighted by molar-refractivity contribution is -0.123. The molecule has 28 heavy (non-hydrogen) atoms. The molecule has 3 amide bonds. The van der Waals surface area contributed by atoms with Crippen LogP contribution in [0.25, 0.3) is 6.08 Å². The van der Waals surface area contributed by atoms with Gasteiger partial charge in [0.25, 0.3) is 5.91 Å². The smallest absolute Gasteiger partial charge is 0.329 e. The van der Waals surface area contributed by atoms with Crippen LogP contribution in [0.4, 0.5) is 4.79 Å². The molecule has 2 aromatic rings. The van der Waals surface area contributed by atoms with E-state index in [1.807, 2.05) is 38.1 Å². The highest BCUT2D eigenvalue weighted by atomic mass is 35.5. The Morgan fingerprint density at radius 3 is 2.64 bits per heavy atom. The van der Waals surface area contributed by atoms with Crippen LogP contribution in [0.3, 0.4) is 0 Å². The van der Waals surface area contributed by atoms with Crippen molar-refractivity contribution < 1.29 is 19.1 Å². The van der Waals surface area contributed by atoms with Crippen molar-refractivity contribution in [3.63, 3.8) is 0 Å². The molecule has 0 aliphatic carbocycles. The fourth-order valence-electron chi connectivity index (χ4n) is 2.95. The lowest BCUT2D eigenvalue weighted by Crippen LogP contribution is -2.30. The number of hydrogen-bond acceptors (Lipinski definition) is 4. The predicted octanol–water partition coefficient (Wildman–Crippen LogP) is 4.15. The third-order valence-electron chi connectivity index (χ3n) is 4.27. The largest absolute Gasteiger partial charge is 0.493 e. The Kier molecular flexibility index (Phi) is 5.90. The normalized spacial score (nSPS) is 15.1. The molecule has 0 bridgehead atoms. The Hall–Kier alpha value is -2.99. The van der Waals surface area contributed by atoms with E-state index < -0.39 is 11.9 Å². The van der Waals surface area contributed by atoms with Gasteiger partial charge >= 0.3 is 6.03 Å². The zero-order valence-corrected chi connectivity index (χ0v) is 16.7. The number of urea groups is 1. The number of halogens is 1. The van der Waals surface area contributed by atoms with E-state index in [0.29, 0.717) is 28.7 Å². The van der Waals surface area contributed by atoms with Crippen LogP contribution in [0.1, 0.15) is 23.6 Å². The van der Waals surface area contributed by atoms with Crippen molar-refractivity contribution in [3.8, 4) is 11.5 Å². The predicted molar refractivity (Wildman–Crippen MR) is 107 cm³/mol. The number of rotatable bonds is 6. The van der Waals surface area contributed by atoms with Gasteiger partial charge in [0.05, 0.1) is 25.3 Å². The second-order valence-electron chi connectivity index (χ2n) is 6.33. The van der Waals surface area contributed by atoms with Gasteiger partial charge < -0.3 is 14.8 Å². The summed E-state index contributed by atoms with van der Waals surface area (Å²) in [6, 6.07) is 10.5. The van der Waals surface area contributed by atoms with E-state index in [9.17, 15) is 9.59 Å². The number of nitrogens with zero attached hydrogens (tertiary/aromatic N) is 1. The summed E-state index contributed by atoms with van der Waals surface area (Å²) in [6.45, 7) is 4.49. The minimum Gasteiger partial charge on any atom is -0.493 e. The lowest BCUT2D eigenvalue weighted by Gasteiger charge is -2.12. The van der Waals surface area contributed by atoms with E-state index in [1.54, 1.807) is 12.1 Å². The van der Waals surface area contributed by atoms with E-state index >= 15 is 0 Å². The molecular formula is C21H21ClN2O4. The summed E-state index contributed by atoms with van der Waals surface area (Å²) in [5, 5.41) is 2.99. The van der Waals surface area contributed by atoms with Crippen LogP contribution in [0.5, 0.6) is 11.5 Å². The summed E-state index contributed by atoms with van der Waals surface area (Å²) in [4.78, 5) is 26.2. The second kappa shape index (κ2) is 8.35. The molecular weight excluding hydrogens is 380 g/mol. The van der Waals surface area contributed by atoms with Crippen molar-refractivity contribution in [2.24, 2.45) is 0 Å². The highest BCUT2D eigenvalue weighted by molar-refractivity contribution is 6.32. The van der Waals surface area contributed by atoms with Crippen LogP contribution in [-0.2, 0) is 11.3 Å². The monoisotopic (exact) mass is 400 g/mol. The molecule has 1 heterocycles. The number of benzene rings is 2. The van der Waals surface area contributed by atoms with Gasteiger partial charge in [-0.15, -0.1) is 0 Å². The molecule has 0 spiro atoms. The molecule has 2 aromatic carbocycles. The van der Waals surface area contributed by atoms with Gasteiger partial charge in [0.2, 0.25) is 0 Å². The maximum absolute atomic E-state index is 12.7. The molecule has 7 heteroatoms. The molecule has 1 fully saturated rings. The number of nitrogens with one attached hydrogen (secondary N) is 1. The van der Waals surface area contributed by atoms with Crippen LogP contribution >= 0.6 is 11.6 Å². The molecule has 1 N–H and O–H groups in total. The van der Waals surface area contributed by atoms with Gasteiger partial charge in [-0.3, -0.25) is 9.69 Å². The number of carbonyl (C=O) groups is 2. The van der Waals surface area contributed by atoms with Crippen molar-refractivity contribution >= 4 is 29.6 Å². The van der Waals surface area contributed by atoms with Crippen LogP contribution in [-0.4, -0.2) is 30.6 Å². The first-order chi connectivity index (χ1) is 13.4. The highest BCUT2D eigenvalue weighted by Crippen LogP contribution is 2.34. The molecule has 0 aromatic heterocycles. The number of carbonyl (C=O) groups excluding carboxylic acids is 2. The summed E-state index contributed by atoms with van der Waals surface area (Å²) < 4.78 is 10.8. The van der Waals surface area contributed by atoms with Gasteiger partial charge in [0, 0.05) is 6.07 Å². The van der Waals surface area contributed by atoms with Crippen molar-refractivity contribution in [2.75, 3.05) is 13.7 Å². The van der Waals surface area contributed by atoms with E-state index in [0.717, 1.165) is 11.1 Å².